The van der Waals surface area contributed by atoms with E-state index in [0.29, 0.717) is 13.1 Å². The maximum Gasteiger partial charge on any atom is 0.191 e. The van der Waals surface area contributed by atoms with Crippen molar-refractivity contribution >= 4 is 35.8 Å². The van der Waals surface area contributed by atoms with Gasteiger partial charge in [-0.2, -0.15) is 0 Å². The Labute approximate surface area is 196 Å². The molecule has 2 heterocycles. The zero-order chi connectivity index (χ0) is 20.5. The first kappa shape index (κ1) is 24.2. The Morgan fingerprint density at radius 1 is 1.27 bits per heavy atom. The highest BCUT2D eigenvalue weighted by atomic mass is 127. The van der Waals surface area contributed by atoms with E-state index in [9.17, 15) is 0 Å². The third-order valence-corrected chi connectivity index (χ3v) is 4.73. The van der Waals surface area contributed by atoms with E-state index < -0.39 is 0 Å². The summed E-state index contributed by atoms with van der Waals surface area (Å²) in [6.07, 6.45) is 2.10. The van der Waals surface area contributed by atoms with Crippen molar-refractivity contribution in [3.8, 4) is 5.75 Å². The smallest absolute Gasteiger partial charge is 0.191 e. The molecule has 0 radical (unpaired) electrons. The molecule has 3 rings (SSSR count). The molecular weight excluding hydrogens is 493 g/mol. The van der Waals surface area contributed by atoms with Gasteiger partial charge in [0, 0.05) is 32.4 Å². The average molecular weight is 525 g/mol. The Balaban J connectivity index is 0.00000320. The lowest BCUT2D eigenvalue weighted by Gasteiger charge is -2.32. The first-order chi connectivity index (χ1) is 14.2. The van der Waals surface area contributed by atoms with Crippen LogP contribution in [0.2, 0.25) is 0 Å². The lowest BCUT2D eigenvalue weighted by molar-refractivity contribution is 0.0529. The number of pyridine rings is 1. The molecule has 30 heavy (non-hydrogen) atoms. The minimum atomic E-state index is 0. The molecular formula is C22H32IN5O2. The van der Waals surface area contributed by atoms with Crippen molar-refractivity contribution in [2.75, 3.05) is 38.3 Å². The van der Waals surface area contributed by atoms with Crippen molar-refractivity contribution in [3.05, 3.63) is 53.7 Å². The summed E-state index contributed by atoms with van der Waals surface area (Å²) in [6, 6.07) is 12.1. The first-order valence-corrected chi connectivity index (χ1v) is 10.1. The molecule has 0 aliphatic carbocycles. The van der Waals surface area contributed by atoms with Gasteiger partial charge in [-0.3, -0.25) is 0 Å². The number of benzene rings is 1. The van der Waals surface area contributed by atoms with Crippen molar-refractivity contribution in [2.24, 2.45) is 4.99 Å². The minimum Gasteiger partial charge on any atom is -0.497 e. The van der Waals surface area contributed by atoms with Crippen molar-refractivity contribution in [1.82, 2.24) is 15.6 Å². The molecule has 1 saturated heterocycles. The Kier molecular flexibility index (Phi) is 10.2. The summed E-state index contributed by atoms with van der Waals surface area (Å²) < 4.78 is 10.9. The fourth-order valence-electron chi connectivity index (χ4n) is 3.24. The van der Waals surface area contributed by atoms with E-state index in [2.05, 4.69) is 40.4 Å². The summed E-state index contributed by atoms with van der Waals surface area (Å²) in [6.45, 7) is 8.71. The van der Waals surface area contributed by atoms with Crippen LogP contribution < -0.4 is 20.3 Å². The largest absolute Gasteiger partial charge is 0.497 e. The number of hydrogen-bond donors (Lipinski definition) is 2. The number of aliphatic imine (C=N–C) groups is 1. The predicted molar refractivity (Wildman–Crippen MR) is 132 cm³/mol. The van der Waals surface area contributed by atoms with Gasteiger partial charge in [0.05, 0.1) is 26.4 Å². The number of ether oxygens (including phenoxy) is 2. The van der Waals surface area contributed by atoms with Gasteiger partial charge >= 0.3 is 0 Å². The Morgan fingerprint density at radius 2 is 2.13 bits per heavy atom. The van der Waals surface area contributed by atoms with Crippen molar-refractivity contribution in [2.45, 2.75) is 33.0 Å². The molecule has 1 unspecified atom stereocenters. The van der Waals surface area contributed by atoms with Gasteiger partial charge in [-0.05, 0) is 49.2 Å². The number of rotatable bonds is 7. The van der Waals surface area contributed by atoms with Crippen LogP contribution in [0.1, 0.15) is 25.0 Å². The van der Waals surface area contributed by atoms with E-state index >= 15 is 0 Å². The standard InChI is InChI=1S/C22H31N5O2.HI/c1-4-23-22(25-14-18-6-5-7-20(12-18)28-3)26-15-19-8-9-24-21(13-19)27-10-11-29-17(2)16-27;/h5-9,12-13,17H,4,10-11,14-16H2,1-3H3,(H2,23,25,26);1H. The lowest BCUT2D eigenvalue weighted by atomic mass is 10.2. The van der Waals surface area contributed by atoms with Crippen LogP contribution in [0.25, 0.3) is 0 Å². The highest BCUT2D eigenvalue weighted by Gasteiger charge is 2.18. The molecule has 1 atom stereocenters. The third-order valence-electron chi connectivity index (χ3n) is 4.73. The van der Waals surface area contributed by atoms with Crippen LogP contribution in [0.4, 0.5) is 5.82 Å². The van der Waals surface area contributed by atoms with Gasteiger partial charge in [0.1, 0.15) is 11.6 Å². The van der Waals surface area contributed by atoms with Crippen LogP contribution in [0.15, 0.2) is 47.6 Å². The van der Waals surface area contributed by atoms with Gasteiger partial charge in [-0.1, -0.05) is 12.1 Å². The summed E-state index contributed by atoms with van der Waals surface area (Å²) in [7, 11) is 1.68. The minimum absolute atomic E-state index is 0. The Hall–Kier alpha value is -2.07. The summed E-state index contributed by atoms with van der Waals surface area (Å²) in [5.41, 5.74) is 2.27. The Bertz CT molecular complexity index is 818. The molecule has 7 nitrogen and oxygen atoms in total. The fraction of sp³-hybridized carbons (Fsp3) is 0.455. The SMILES string of the molecule is CCNC(=NCc1cccc(OC)c1)NCc1ccnc(N2CCOC(C)C2)c1.I. The van der Waals surface area contributed by atoms with Gasteiger partial charge < -0.3 is 25.0 Å². The van der Waals surface area contributed by atoms with Crippen molar-refractivity contribution in [1.29, 1.82) is 0 Å². The summed E-state index contributed by atoms with van der Waals surface area (Å²) in [5.74, 6) is 2.63. The van der Waals surface area contributed by atoms with Crippen molar-refractivity contribution < 1.29 is 9.47 Å². The quantitative estimate of drug-likeness (QED) is 0.329. The highest BCUT2D eigenvalue weighted by Crippen LogP contribution is 2.16. The molecule has 1 fully saturated rings. The molecule has 2 N–H and O–H groups in total. The third kappa shape index (κ3) is 7.32. The van der Waals surface area contributed by atoms with E-state index in [1.54, 1.807) is 7.11 Å². The molecule has 2 aromatic rings. The molecule has 0 amide bonds. The van der Waals surface area contributed by atoms with Gasteiger partial charge in [-0.25, -0.2) is 9.98 Å². The van der Waals surface area contributed by atoms with E-state index in [1.165, 1.54) is 5.56 Å². The number of guanidine groups is 1. The van der Waals surface area contributed by atoms with Crippen LogP contribution in [0.3, 0.4) is 0 Å². The Morgan fingerprint density at radius 3 is 2.90 bits per heavy atom. The summed E-state index contributed by atoms with van der Waals surface area (Å²) in [5, 5.41) is 6.71. The number of halogens is 1. The molecule has 0 saturated carbocycles. The second-order valence-corrected chi connectivity index (χ2v) is 7.05. The van der Waals surface area contributed by atoms with Crippen molar-refractivity contribution in [3.63, 3.8) is 0 Å². The van der Waals surface area contributed by atoms with E-state index in [1.807, 2.05) is 36.5 Å². The van der Waals surface area contributed by atoms with Gasteiger partial charge in [-0.15, -0.1) is 24.0 Å². The molecule has 1 aliphatic rings. The topological polar surface area (TPSA) is 71.0 Å². The monoisotopic (exact) mass is 525 g/mol. The zero-order valence-electron chi connectivity index (χ0n) is 17.9. The number of hydrogen-bond acceptors (Lipinski definition) is 5. The normalized spacial score (nSPS) is 16.6. The average Bonchev–Trinajstić information content (AvgIpc) is 2.76. The number of nitrogens with zero attached hydrogens (tertiary/aromatic N) is 3. The molecule has 1 aliphatic heterocycles. The van der Waals surface area contributed by atoms with E-state index in [-0.39, 0.29) is 30.1 Å². The zero-order valence-corrected chi connectivity index (χ0v) is 20.3. The predicted octanol–water partition coefficient (Wildman–Crippen LogP) is 3.19. The molecule has 1 aromatic carbocycles. The van der Waals surface area contributed by atoms with E-state index in [4.69, 9.17) is 14.5 Å². The maximum atomic E-state index is 5.63. The number of nitrogens with one attached hydrogen (secondary N) is 2. The second kappa shape index (κ2) is 12.6. The molecule has 1 aromatic heterocycles. The van der Waals surface area contributed by atoms with Crippen LogP contribution in [-0.4, -0.2) is 50.4 Å². The molecule has 8 heteroatoms. The molecule has 0 spiro atoms. The molecule has 164 valence electrons. The second-order valence-electron chi connectivity index (χ2n) is 7.05. The number of methoxy groups -OCH3 is 1. The fourth-order valence-corrected chi connectivity index (χ4v) is 3.24. The number of aromatic nitrogens is 1. The van der Waals surface area contributed by atoms with Gasteiger partial charge in [0.25, 0.3) is 0 Å². The van der Waals surface area contributed by atoms with Crippen LogP contribution in [0, 0.1) is 0 Å². The summed E-state index contributed by atoms with van der Waals surface area (Å²) in [4.78, 5) is 11.5. The maximum absolute atomic E-state index is 5.63. The number of anilines is 1. The molecule has 0 bridgehead atoms. The van der Waals surface area contributed by atoms with Gasteiger partial charge in [0.15, 0.2) is 5.96 Å². The van der Waals surface area contributed by atoms with Crippen LogP contribution >= 0.6 is 24.0 Å². The van der Waals surface area contributed by atoms with Gasteiger partial charge in [0.2, 0.25) is 0 Å². The van der Waals surface area contributed by atoms with E-state index in [0.717, 1.165) is 49.3 Å². The lowest BCUT2D eigenvalue weighted by Crippen LogP contribution is -2.41. The summed E-state index contributed by atoms with van der Waals surface area (Å²) >= 11 is 0. The number of morpholine rings is 1. The first-order valence-electron chi connectivity index (χ1n) is 10.1. The van der Waals surface area contributed by atoms with Crippen LogP contribution in [0.5, 0.6) is 5.75 Å². The highest BCUT2D eigenvalue weighted by molar-refractivity contribution is 14.0. The van der Waals surface area contributed by atoms with Crippen LogP contribution in [-0.2, 0) is 17.8 Å².